The molecule has 1 fully saturated rings. The van der Waals surface area contributed by atoms with Gasteiger partial charge in [0.05, 0.1) is 6.07 Å². The van der Waals surface area contributed by atoms with Crippen molar-refractivity contribution >= 4 is 17.3 Å². The van der Waals surface area contributed by atoms with Crippen LogP contribution < -0.4 is 11.1 Å². The van der Waals surface area contributed by atoms with Gasteiger partial charge in [-0.05, 0) is 43.5 Å². The van der Waals surface area contributed by atoms with Crippen molar-refractivity contribution in [2.45, 2.75) is 38.6 Å². The van der Waals surface area contributed by atoms with Crippen molar-refractivity contribution in [3.8, 4) is 6.07 Å². The molecular weight excluding hydrogens is 264 g/mol. The minimum Gasteiger partial charge on any atom is -0.399 e. The molecule has 5 heteroatoms. The number of benzene rings is 1. The number of nitrogens with one attached hydrogen (secondary N) is 1. The smallest absolute Gasteiger partial charge is 0.225 e. The molecule has 0 spiro atoms. The lowest BCUT2D eigenvalue weighted by Gasteiger charge is -2.20. The molecule has 1 aliphatic rings. The van der Waals surface area contributed by atoms with Crippen molar-refractivity contribution in [1.82, 2.24) is 4.90 Å². The number of amides is 1. The van der Waals surface area contributed by atoms with E-state index < -0.39 is 0 Å². The summed E-state index contributed by atoms with van der Waals surface area (Å²) in [5.41, 5.74) is 8.17. The molecule has 0 aromatic heterocycles. The van der Waals surface area contributed by atoms with Gasteiger partial charge in [0, 0.05) is 43.3 Å². The zero-order chi connectivity index (χ0) is 15.2. The van der Waals surface area contributed by atoms with Crippen molar-refractivity contribution in [2.24, 2.45) is 0 Å². The lowest BCUT2D eigenvalue weighted by atomic mass is 10.1. The highest BCUT2D eigenvalue weighted by molar-refractivity contribution is 5.91. The Balaban J connectivity index is 1.82. The number of nitrogens with two attached hydrogens (primary N) is 1. The van der Waals surface area contributed by atoms with Gasteiger partial charge in [0.15, 0.2) is 0 Å². The van der Waals surface area contributed by atoms with Crippen LogP contribution in [0.1, 0.15) is 31.2 Å². The fraction of sp³-hybridized carbons (Fsp3) is 0.500. The van der Waals surface area contributed by atoms with E-state index >= 15 is 0 Å². The zero-order valence-corrected chi connectivity index (χ0v) is 12.4. The predicted molar refractivity (Wildman–Crippen MR) is 83.7 cm³/mol. The number of nitrogen functional groups attached to an aromatic ring is 1. The van der Waals surface area contributed by atoms with Crippen LogP contribution in [0.15, 0.2) is 18.2 Å². The van der Waals surface area contributed by atoms with Crippen molar-refractivity contribution in [3.63, 3.8) is 0 Å². The van der Waals surface area contributed by atoms with Gasteiger partial charge in [-0.1, -0.05) is 0 Å². The highest BCUT2D eigenvalue weighted by Gasteiger charge is 2.28. The van der Waals surface area contributed by atoms with Gasteiger partial charge in [-0.15, -0.1) is 0 Å². The van der Waals surface area contributed by atoms with Crippen LogP contribution in [0, 0.1) is 18.3 Å². The molecule has 0 atom stereocenters. The minimum atomic E-state index is 0.00507. The van der Waals surface area contributed by atoms with E-state index in [4.69, 9.17) is 11.0 Å². The maximum Gasteiger partial charge on any atom is 0.225 e. The summed E-state index contributed by atoms with van der Waals surface area (Å²) in [5, 5.41) is 11.6. The second-order valence-electron chi connectivity index (χ2n) is 5.55. The highest BCUT2D eigenvalue weighted by Crippen LogP contribution is 2.27. The molecule has 1 aliphatic carbocycles. The molecule has 1 aromatic carbocycles. The van der Waals surface area contributed by atoms with Gasteiger partial charge in [-0.2, -0.15) is 5.26 Å². The third-order valence-corrected chi connectivity index (χ3v) is 3.72. The maximum atomic E-state index is 12.0. The first-order valence-electron chi connectivity index (χ1n) is 7.37. The molecule has 0 saturated heterocycles. The molecule has 3 N–H and O–H groups in total. The first-order chi connectivity index (χ1) is 10.1. The number of nitrogens with zero attached hydrogens (tertiary/aromatic N) is 2. The average Bonchev–Trinajstić information content (AvgIpc) is 3.27. The molecule has 112 valence electrons. The summed E-state index contributed by atoms with van der Waals surface area (Å²) in [5.74, 6) is 0.00507. The summed E-state index contributed by atoms with van der Waals surface area (Å²) in [6.45, 7) is 3.40. The maximum absolute atomic E-state index is 12.0. The summed E-state index contributed by atoms with van der Waals surface area (Å²) in [6.07, 6.45) is 3.34. The molecule has 0 bridgehead atoms. The van der Waals surface area contributed by atoms with E-state index in [1.54, 1.807) is 6.07 Å². The number of nitriles is 1. The van der Waals surface area contributed by atoms with Crippen molar-refractivity contribution in [2.75, 3.05) is 24.1 Å². The standard InChI is InChI=1S/C16H22N4O/c1-12-11-13(18)3-6-15(12)19-16(21)7-10-20(9-2-8-17)14-4-5-14/h3,6,11,14H,2,4-5,7,9-10,18H2,1H3,(H,19,21). The summed E-state index contributed by atoms with van der Waals surface area (Å²) in [4.78, 5) is 14.3. The SMILES string of the molecule is Cc1cc(N)ccc1NC(=O)CCN(CCC#N)C1CC1. The third-order valence-electron chi connectivity index (χ3n) is 3.72. The number of anilines is 2. The second-order valence-corrected chi connectivity index (χ2v) is 5.55. The van der Waals surface area contributed by atoms with Crippen LogP contribution in [0.25, 0.3) is 0 Å². The Morgan fingerprint density at radius 3 is 2.86 bits per heavy atom. The number of aryl methyl sites for hydroxylation is 1. The average molecular weight is 286 g/mol. The Bertz CT molecular complexity index is 546. The summed E-state index contributed by atoms with van der Waals surface area (Å²) in [6, 6.07) is 8.20. The van der Waals surface area contributed by atoms with Crippen LogP contribution in [-0.4, -0.2) is 29.9 Å². The summed E-state index contributed by atoms with van der Waals surface area (Å²) < 4.78 is 0. The van der Waals surface area contributed by atoms with Gasteiger partial charge in [-0.3, -0.25) is 9.69 Å². The van der Waals surface area contributed by atoms with Crippen molar-refractivity contribution in [3.05, 3.63) is 23.8 Å². The van der Waals surface area contributed by atoms with Gasteiger partial charge < -0.3 is 11.1 Å². The molecule has 0 unspecified atom stereocenters. The van der Waals surface area contributed by atoms with E-state index in [1.165, 1.54) is 12.8 Å². The van der Waals surface area contributed by atoms with Crippen LogP contribution in [0.2, 0.25) is 0 Å². The van der Waals surface area contributed by atoms with E-state index in [0.29, 0.717) is 31.1 Å². The Kier molecular flexibility index (Phi) is 5.18. The molecule has 1 saturated carbocycles. The number of rotatable bonds is 7. The highest BCUT2D eigenvalue weighted by atomic mass is 16.1. The molecule has 0 aliphatic heterocycles. The number of hydrogen-bond donors (Lipinski definition) is 2. The minimum absolute atomic E-state index is 0.00507. The quantitative estimate of drug-likeness (QED) is 0.753. The van der Waals surface area contributed by atoms with Crippen molar-refractivity contribution < 1.29 is 4.79 Å². The van der Waals surface area contributed by atoms with E-state index in [0.717, 1.165) is 17.8 Å². The van der Waals surface area contributed by atoms with Crippen molar-refractivity contribution in [1.29, 1.82) is 5.26 Å². The molecule has 5 nitrogen and oxygen atoms in total. The Morgan fingerprint density at radius 2 is 2.24 bits per heavy atom. The van der Waals surface area contributed by atoms with Crippen LogP contribution in [-0.2, 0) is 4.79 Å². The Hall–Kier alpha value is -2.06. The van der Waals surface area contributed by atoms with Crippen LogP contribution in [0.5, 0.6) is 0 Å². The van der Waals surface area contributed by atoms with E-state index in [-0.39, 0.29) is 5.91 Å². The van der Waals surface area contributed by atoms with Crippen LogP contribution in [0.4, 0.5) is 11.4 Å². The lowest BCUT2D eigenvalue weighted by molar-refractivity contribution is -0.116. The fourth-order valence-corrected chi connectivity index (χ4v) is 2.40. The largest absolute Gasteiger partial charge is 0.399 e. The fourth-order valence-electron chi connectivity index (χ4n) is 2.40. The topological polar surface area (TPSA) is 82.2 Å². The first kappa shape index (κ1) is 15.3. The molecular formula is C16H22N4O. The third kappa shape index (κ3) is 4.76. The molecule has 2 rings (SSSR count). The summed E-state index contributed by atoms with van der Waals surface area (Å²) >= 11 is 0. The monoisotopic (exact) mass is 286 g/mol. The molecule has 0 radical (unpaired) electrons. The second kappa shape index (κ2) is 7.09. The Labute approximate surface area is 125 Å². The number of carbonyl (C=O) groups excluding carboxylic acids is 1. The number of carbonyl (C=O) groups is 1. The van der Waals surface area contributed by atoms with E-state index in [2.05, 4.69) is 16.3 Å². The molecule has 0 heterocycles. The van der Waals surface area contributed by atoms with Gasteiger partial charge >= 0.3 is 0 Å². The van der Waals surface area contributed by atoms with Crippen LogP contribution in [0.3, 0.4) is 0 Å². The van der Waals surface area contributed by atoms with Gasteiger partial charge in [0.2, 0.25) is 5.91 Å². The number of hydrogen-bond acceptors (Lipinski definition) is 4. The molecule has 1 amide bonds. The van der Waals surface area contributed by atoms with E-state index in [1.807, 2.05) is 19.1 Å². The predicted octanol–water partition coefficient (Wildman–Crippen LogP) is 2.28. The summed E-state index contributed by atoms with van der Waals surface area (Å²) in [7, 11) is 0. The zero-order valence-electron chi connectivity index (χ0n) is 12.4. The first-order valence-corrected chi connectivity index (χ1v) is 7.37. The molecule has 1 aromatic rings. The van der Waals surface area contributed by atoms with Crippen LogP contribution >= 0.6 is 0 Å². The lowest BCUT2D eigenvalue weighted by Crippen LogP contribution is -2.30. The van der Waals surface area contributed by atoms with Gasteiger partial charge in [0.25, 0.3) is 0 Å². The van der Waals surface area contributed by atoms with E-state index in [9.17, 15) is 4.79 Å². The normalized spacial score (nSPS) is 14.0. The van der Waals surface area contributed by atoms with Gasteiger partial charge in [-0.25, -0.2) is 0 Å². The van der Waals surface area contributed by atoms with Gasteiger partial charge in [0.1, 0.15) is 0 Å². The molecule has 21 heavy (non-hydrogen) atoms. The Morgan fingerprint density at radius 1 is 1.48 bits per heavy atom.